The Hall–Kier alpha value is -2.32. The second-order valence-electron chi connectivity index (χ2n) is 5.33. The first-order valence-corrected chi connectivity index (χ1v) is 8.94. The van der Waals surface area contributed by atoms with Gasteiger partial charge in [-0.1, -0.05) is 17.7 Å². The molecule has 3 N–H and O–H groups in total. The van der Waals surface area contributed by atoms with Gasteiger partial charge in [-0.25, -0.2) is 13.6 Å². The van der Waals surface area contributed by atoms with Gasteiger partial charge in [0.2, 0.25) is 5.09 Å². The SMILES string of the molecule is CCOc1ccc(C)cc1C(C)NC(=O)c1ccc(S(N)(=O)=O)o1. The summed E-state index contributed by atoms with van der Waals surface area (Å²) in [5.74, 6) is 0.0124. The fourth-order valence-electron chi connectivity index (χ4n) is 2.23. The maximum atomic E-state index is 12.2. The van der Waals surface area contributed by atoms with Crippen LogP contribution in [-0.2, 0) is 10.0 Å². The number of furan rings is 1. The highest BCUT2D eigenvalue weighted by molar-refractivity contribution is 7.89. The van der Waals surface area contributed by atoms with E-state index in [1.54, 1.807) is 6.92 Å². The van der Waals surface area contributed by atoms with Crippen molar-refractivity contribution in [3.05, 3.63) is 47.2 Å². The summed E-state index contributed by atoms with van der Waals surface area (Å²) >= 11 is 0. The number of benzene rings is 1. The van der Waals surface area contributed by atoms with Gasteiger partial charge in [0.05, 0.1) is 12.6 Å². The molecule has 1 atom stereocenters. The predicted octanol–water partition coefficient (Wildman–Crippen LogP) is 2.13. The highest BCUT2D eigenvalue weighted by atomic mass is 32.2. The van der Waals surface area contributed by atoms with Crippen LogP contribution in [-0.4, -0.2) is 20.9 Å². The molecule has 0 bridgehead atoms. The molecule has 0 aliphatic carbocycles. The molecule has 0 radical (unpaired) electrons. The molecule has 1 unspecified atom stereocenters. The maximum Gasteiger partial charge on any atom is 0.287 e. The van der Waals surface area contributed by atoms with Crippen LogP contribution in [0.2, 0.25) is 0 Å². The Morgan fingerprint density at radius 3 is 2.62 bits per heavy atom. The number of carbonyl (C=O) groups is 1. The van der Waals surface area contributed by atoms with Crippen LogP contribution in [0.1, 0.15) is 41.6 Å². The van der Waals surface area contributed by atoms with Gasteiger partial charge in [0.1, 0.15) is 5.75 Å². The lowest BCUT2D eigenvalue weighted by Crippen LogP contribution is -2.26. The zero-order chi connectivity index (χ0) is 17.9. The van der Waals surface area contributed by atoms with E-state index < -0.39 is 21.0 Å². The summed E-state index contributed by atoms with van der Waals surface area (Å²) in [5.41, 5.74) is 1.85. The molecule has 1 aromatic heterocycles. The second kappa shape index (κ2) is 7.06. The molecule has 0 fully saturated rings. The number of rotatable bonds is 6. The van der Waals surface area contributed by atoms with Gasteiger partial charge < -0.3 is 14.5 Å². The molecule has 0 saturated carbocycles. The van der Waals surface area contributed by atoms with E-state index in [0.717, 1.165) is 17.2 Å². The number of nitrogens with one attached hydrogen (secondary N) is 1. The number of sulfonamides is 1. The summed E-state index contributed by atoms with van der Waals surface area (Å²) in [6.07, 6.45) is 0. The third-order valence-corrected chi connectivity index (χ3v) is 4.15. The Balaban J connectivity index is 2.20. The van der Waals surface area contributed by atoms with E-state index in [0.29, 0.717) is 12.4 Å². The summed E-state index contributed by atoms with van der Waals surface area (Å²) < 4.78 is 33.0. The van der Waals surface area contributed by atoms with Crippen molar-refractivity contribution in [2.75, 3.05) is 6.61 Å². The average Bonchev–Trinajstić information content (AvgIpc) is 2.99. The lowest BCUT2D eigenvalue weighted by molar-refractivity contribution is 0.0906. The van der Waals surface area contributed by atoms with Crippen LogP contribution in [0.25, 0.3) is 0 Å². The monoisotopic (exact) mass is 352 g/mol. The Morgan fingerprint density at radius 2 is 2.04 bits per heavy atom. The summed E-state index contributed by atoms with van der Waals surface area (Å²) in [7, 11) is -3.98. The van der Waals surface area contributed by atoms with Crippen molar-refractivity contribution in [1.82, 2.24) is 5.32 Å². The van der Waals surface area contributed by atoms with Crippen molar-refractivity contribution in [3.63, 3.8) is 0 Å². The minimum atomic E-state index is -3.98. The Morgan fingerprint density at radius 1 is 1.33 bits per heavy atom. The quantitative estimate of drug-likeness (QED) is 0.827. The number of primary sulfonamides is 1. The molecule has 1 aromatic carbocycles. The zero-order valence-corrected chi connectivity index (χ0v) is 14.5. The minimum absolute atomic E-state index is 0.128. The van der Waals surface area contributed by atoms with Crippen molar-refractivity contribution in [2.24, 2.45) is 5.14 Å². The Labute approximate surface area is 140 Å². The van der Waals surface area contributed by atoms with E-state index in [4.69, 9.17) is 14.3 Å². The predicted molar refractivity (Wildman–Crippen MR) is 88.3 cm³/mol. The van der Waals surface area contributed by atoms with Gasteiger partial charge in [0, 0.05) is 5.56 Å². The number of hydrogen-bond donors (Lipinski definition) is 2. The van der Waals surface area contributed by atoms with E-state index in [1.165, 1.54) is 6.07 Å². The molecule has 0 spiro atoms. The van der Waals surface area contributed by atoms with E-state index in [-0.39, 0.29) is 11.8 Å². The van der Waals surface area contributed by atoms with Gasteiger partial charge >= 0.3 is 0 Å². The van der Waals surface area contributed by atoms with Crippen LogP contribution < -0.4 is 15.2 Å². The van der Waals surface area contributed by atoms with Crippen molar-refractivity contribution >= 4 is 15.9 Å². The number of ether oxygens (including phenoxy) is 1. The molecule has 8 heteroatoms. The lowest BCUT2D eigenvalue weighted by Gasteiger charge is -2.18. The van der Waals surface area contributed by atoms with Crippen LogP contribution in [0.4, 0.5) is 0 Å². The Bertz CT molecular complexity index is 842. The maximum absolute atomic E-state index is 12.2. The van der Waals surface area contributed by atoms with Gasteiger partial charge in [-0.2, -0.15) is 0 Å². The number of nitrogens with two attached hydrogens (primary N) is 1. The average molecular weight is 352 g/mol. The summed E-state index contributed by atoms with van der Waals surface area (Å²) in [4.78, 5) is 12.2. The molecule has 130 valence electrons. The topological polar surface area (TPSA) is 112 Å². The molecule has 1 amide bonds. The van der Waals surface area contributed by atoms with Crippen LogP contribution in [0.5, 0.6) is 5.75 Å². The number of aryl methyl sites for hydroxylation is 1. The van der Waals surface area contributed by atoms with E-state index in [1.807, 2.05) is 32.0 Å². The highest BCUT2D eigenvalue weighted by Crippen LogP contribution is 2.27. The third kappa shape index (κ3) is 4.15. The van der Waals surface area contributed by atoms with Crippen LogP contribution in [0, 0.1) is 6.92 Å². The first-order valence-electron chi connectivity index (χ1n) is 7.39. The number of amides is 1. The first kappa shape index (κ1) is 18.0. The zero-order valence-electron chi connectivity index (χ0n) is 13.7. The highest BCUT2D eigenvalue weighted by Gasteiger charge is 2.20. The van der Waals surface area contributed by atoms with Gasteiger partial charge in [-0.15, -0.1) is 0 Å². The van der Waals surface area contributed by atoms with Crippen molar-refractivity contribution in [2.45, 2.75) is 31.9 Å². The molecule has 0 saturated heterocycles. The smallest absolute Gasteiger partial charge is 0.287 e. The minimum Gasteiger partial charge on any atom is -0.494 e. The standard InChI is InChI=1S/C16H20N2O5S/c1-4-22-13-6-5-10(2)9-12(13)11(3)18-16(19)14-7-8-15(23-14)24(17,20)21/h5-9,11H,4H2,1-3H3,(H,18,19)(H2,17,20,21). The van der Waals surface area contributed by atoms with E-state index >= 15 is 0 Å². The van der Waals surface area contributed by atoms with Gasteiger partial charge in [-0.05, 0) is 39.0 Å². The third-order valence-electron chi connectivity index (χ3n) is 3.36. The summed E-state index contributed by atoms with van der Waals surface area (Å²) in [6.45, 7) is 6.13. The molecule has 2 aromatic rings. The molecule has 1 heterocycles. The van der Waals surface area contributed by atoms with Crippen molar-refractivity contribution in [1.29, 1.82) is 0 Å². The molecular weight excluding hydrogens is 332 g/mol. The van der Waals surface area contributed by atoms with Gasteiger partial charge in [0.15, 0.2) is 5.76 Å². The lowest BCUT2D eigenvalue weighted by atomic mass is 10.0. The van der Waals surface area contributed by atoms with Crippen molar-refractivity contribution < 1.29 is 22.4 Å². The fourth-order valence-corrected chi connectivity index (χ4v) is 2.70. The van der Waals surface area contributed by atoms with Crippen LogP contribution in [0.15, 0.2) is 39.8 Å². The molecule has 24 heavy (non-hydrogen) atoms. The molecule has 7 nitrogen and oxygen atoms in total. The van der Waals surface area contributed by atoms with Crippen molar-refractivity contribution in [3.8, 4) is 5.75 Å². The molecule has 0 aliphatic heterocycles. The van der Waals surface area contributed by atoms with Gasteiger partial charge in [0.25, 0.3) is 15.9 Å². The normalized spacial score (nSPS) is 12.7. The van der Waals surface area contributed by atoms with Crippen LogP contribution in [0.3, 0.4) is 0 Å². The number of carbonyl (C=O) groups excluding carboxylic acids is 1. The fraction of sp³-hybridized carbons (Fsp3) is 0.312. The largest absolute Gasteiger partial charge is 0.494 e. The second-order valence-corrected chi connectivity index (χ2v) is 6.83. The van der Waals surface area contributed by atoms with Crippen LogP contribution >= 0.6 is 0 Å². The molecule has 2 rings (SSSR count). The van der Waals surface area contributed by atoms with Gasteiger partial charge in [-0.3, -0.25) is 4.79 Å². The summed E-state index contributed by atoms with van der Waals surface area (Å²) in [5, 5.41) is 7.26. The molecular formula is C16H20N2O5S. The first-order chi connectivity index (χ1) is 11.2. The molecule has 0 aliphatic rings. The van der Waals surface area contributed by atoms with E-state index in [9.17, 15) is 13.2 Å². The number of hydrogen-bond acceptors (Lipinski definition) is 5. The summed E-state index contributed by atoms with van der Waals surface area (Å²) in [6, 6.07) is 7.75. The Kier molecular flexibility index (Phi) is 5.30. The van der Waals surface area contributed by atoms with E-state index in [2.05, 4.69) is 5.32 Å².